The van der Waals surface area contributed by atoms with Crippen LogP contribution in [-0.2, 0) is 13.1 Å². The van der Waals surface area contributed by atoms with Gasteiger partial charge < -0.3 is 5.11 Å². The van der Waals surface area contributed by atoms with Gasteiger partial charge in [-0.3, -0.25) is 4.90 Å². The Hall–Kier alpha value is -1.72. The molecular formula is C15H18N2O2S. The summed E-state index contributed by atoms with van der Waals surface area (Å²) in [5.41, 5.74) is 1.07. The first kappa shape index (κ1) is 14.7. The summed E-state index contributed by atoms with van der Waals surface area (Å²) in [7, 11) is 0. The molecule has 2 aromatic heterocycles. The Labute approximate surface area is 122 Å². The molecule has 0 spiro atoms. The molecule has 0 unspecified atom stereocenters. The number of nitrogens with zero attached hydrogens (tertiary/aromatic N) is 2. The van der Waals surface area contributed by atoms with Crippen LogP contribution in [0.25, 0.3) is 0 Å². The van der Waals surface area contributed by atoms with Gasteiger partial charge in [0.2, 0.25) is 0 Å². The summed E-state index contributed by atoms with van der Waals surface area (Å²) in [4.78, 5) is 18.4. The van der Waals surface area contributed by atoms with Gasteiger partial charge in [-0.1, -0.05) is 6.07 Å². The third-order valence-corrected chi connectivity index (χ3v) is 3.96. The van der Waals surface area contributed by atoms with Crippen molar-refractivity contribution in [1.29, 1.82) is 0 Å². The highest BCUT2D eigenvalue weighted by Crippen LogP contribution is 2.17. The number of aromatic carboxylic acids is 1. The number of hydrogen-bond donors (Lipinski definition) is 1. The first-order chi connectivity index (χ1) is 9.56. The molecular weight excluding hydrogens is 272 g/mol. The molecule has 0 radical (unpaired) electrons. The molecule has 0 aliphatic heterocycles. The number of carboxylic acid groups (broad SMARTS) is 1. The van der Waals surface area contributed by atoms with Gasteiger partial charge in [-0.25, -0.2) is 9.78 Å². The van der Waals surface area contributed by atoms with Crippen LogP contribution in [0.5, 0.6) is 0 Å². The fourth-order valence-electron chi connectivity index (χ4n) is 1.95. The summed E-state index contributed by atoms with van der Waals surface area (Å²) in [5.74, 6) is -0.985. The Morgan fingerprint density at radius 1 is 1.40 bits per heavy atom. The van der Waals surface area contributed by atoms with Gasteiger partial charge in [0.15, 0.2) is 0 Å². The molecule has 0 bridgehead atoms. The lowest BCUT2D eigenvalue weighted by Gasteiger charge is -2.26. The normalized spacial score (nSPS) is 11.2. The molecule has 106 valence electrons. The quantitative estimate of drug-likeness (QED) is 0.887. The lowest BCUT2D eigenvalue weighted by molar-refractivity contribution is 0.0690. The minimum atomic E-state index is -0.985. The smallest absolute Gasteiger partial charge is 0.354 e. The van der Waals surface area contributed by atoms with E-state index >= 15 is 0 Å². The van der Waals surface area contributed by atoms with Crippen LogP contribution in [0.3, 0.4) is 0 Å². The van der Waals surface area contributed by atoms with E-state index in [0.717, 1.165) is 18.7 Å². The Bertz CT molecular complexity index is 567. The van der Waals surface area contributed by atoms with Crippen molar-refractivity contribution in [2.75, 3.05) is 0 Å². The second-order valence-corrected chi connectivity index (χ2v) is 5.96. The molecule has 0 amide bonds. The third kappa shape index (κ3) is 3.88. The van der Waals surface area contributed by atoms with Gasteiger partial charge in [0.25, 0.3) is 0 Å². The van der Waals surface area contributed by atoms with Crippen LogP contribution in [0.4, 0.5) is 0 Å². The van der Waals surface area contributed by atoms with Gasteiger partial charge in [-0.05, 0) is 43.0 Å². The van der Waals surface area contributed by atoms with Gasteiger partial charge in [-0.2, -0.15) is 0 Å². The molecule has 2 rings (SSSR count). The van der Waals surface area contributed by atoms with Crippen LogP contribution in [0.2, 0.25) is 0 Å². The van der Waals surface area contributed by atoms with Crippen molar-refractivity contribution in [1.82, 2.24) is 9.88 Å². The van der Waals surface area contributed by atoms with Crippen molar-refractivity contribution in [2.24, 2.45) is 0 Å². The Morgan fingerprint density at radius 2 is 2.20 bits per heavy atom. The lowest BCUT2D eigenvalue weighted by Crippen LogP contribution is -2.29. The molecule has 2 aromatic rings. The number of thiophene rings is 1. The average Bonchev–Trinajstić information content (AvgIpc) is 2.91. The number of pyridine rings is 1. The van der Waals surface area contributed by atoms with Crippen molar-refractivity contribution in [3.63, 3.8) is 0 Å². The molecule has 0 aromatic carbocycles. The van der Waals surface area contributed by atoms with E-state index in [-0.39, 0.29) is 5.69 Å². The zero-order valence-corrected chi connectivity index (χ0v) is 12.4. The topological polar surface area (TPSA) is 53.4 Å². The van der Waals surface area contributed by atoms with E-state index in [2.05, 4.69) is 35.2 Å². The Kier molecular flexibility index (Phi) is 4.87. The molecule has 20 heavy (non-hydrogen) atoms. The standard InChI is InChI=1S/C15H18N2O2S/c1-11(2)17(10-13-4-3-7-20-13)9-12-5-6-16-14(8-12)15(18)19/h3-8,11H,9-10H2,1-2H3,(H,18,19). The van der Waals surface area contributed by atoms with Crippen LogP contribution >= 0.6 is 11.3 Å². The van der Waals surface area contributed by atoms with Crippen LogP contribution < -0.4 is 0 Å². The highest BCUT2D eigenvalue weighted by Gasteiger charge is 2.13. The zero-order chi connectivity index (χ0) is 14.5. The molecule has 0 aliphatic rings. The lowest BCUT2D eigenvalue weighted by atomic mass is 10.2. The van der Waals surface area contributed by atoms with E-state index in [1.165, 1.54) is 4.88 Å². The summed E-state index contributed by atoms with van der Waals surface area (Å²) in [6.45, 7) is 5.89. The predicted octanol–water partition coefficient (Wildman–Crippen LogP) is 3.25. The number of carbonyl (C=O) groups is 1. The zero-order valence-electron chi connectivity index (χ0n) is 11.6. The van der Waals surface area contributed by atoms with E-state index in [1.54, 1.807) is 23.6 Å². The Balaban J connectivity index is 2.11. The molecule has 1 N–H and O–H groups in total. The van der Waals surface area contributed by atoms with Crippen LogP contribution in [0, 0.1) is 0 Å². The van der Waals surface area contributed by atoms with Crippen LogP contribution in [-0.4, -0.2) is 27.0 Å². The molecule has 0 atom stereocenters. The fourth-order valence-corrected chi connectivity index (χ4v) is 2.68. The highest BCUT2D eigenvalue weighted by atomic mass is 32.1. The van der Waals surface area contributed by atoms with E-state index < -0.39 is 5.97 Å². The van der Waals surface area contributed by atoms with Gasteiger partial charge >= 0.3 is 5.97 Å². The van der Waals surface area contributed by atoms with E-state index in [9.17, 15) is 4.79 Å². The molecule has 0 fully saturated rings. The summed E-state index contributed by atoms with van der Waals surface area (Å²) < 4.78 is 0. The maximum Gasteiger partial charge on any atom is 0.354 e. The van der Waals surface area contributed by atoms with Crippen LogP contribution in [0.15, 0.2) is 35.8 Å². The monoisotopic (exact) mass is 290 g/mol. The first-order valence-corrected chi connectivity index (χ1v) is 7.39. The van der Waals surface area contributed by atoms with Gasteiger partial charge in [-0.15, -0.1) is 11.3 Å². The van der Waals surface area contributed by atoms with E-state index in [1.807, 2.05) is 12.1 Å². The molecule has 4 nitrogen and oxygen atoms in total. The van der Waals surface area contributed by atoms with Gasteiger partial charge in [0, 0.05) is 30.2 Å². The second-order valence-electron chi connectivity index (χ2n) is 4.93. The van der Waals surface area contributed by atoms with Crippen LogP contribution in [0.1, 0.15) is 34.8 Å². The number of rotatable bonds is 6. The average molecular weight is 290 g/mol. The fraction of sp³-hybridized carbons (Fsp3) is 0.333. The predicted molar refractivity (Wildman–Crippen MR) is 79.9 cm³/mol. The van der Waals surface area contributed by atoms with Crippen molar-refractivity contribution in [2.45, 2.75) is 33.0 Å². The third-order valence-electron chi connectivity index (χ3n) is 3.10. The molecule has 0 saturated carbocycles. The minimum absolute atomic E-state index is 0.0994. The first-order valence-electron chi connectivity index (χ1n) is 6.51. The molecule has 0 aliphatic carbocycles. The van der Waals surface area contributed by atoms with E-state index in [4.69, 9.17) is 5.11 Å². The van der Waals surface area contributed by atoms with Crippen molar-refractivity contribution in [3.05, 3.63) is 52.0 Å². The number of carboxylic acids is 1. The SMILES string of the molecule is CC(C)N(Cc1ccnc(C(=O)O)c1)Cc1cccs1. The largest absolute Gasteiger partial charge is 0.477 e. The van der Waals surface area contributed by atoms with Crippen molar-refractivity contribution < 1.29 is 9.90 Å². The van der Waals surface area contributed by atoms with Gasteiger partial charge in [0.05, 0.1) is 0 Å². The molecule has 5 heteroatoms. The Morgan fingerprint density at radius 3 is 2.80 bits per heavy atom. The van der Waals surface area contributed by atoms with Crippen molar-refractivity contribution >= 4 is 17.3 Å². The second kappa shape index (κ2) is 6.63. The summed E-state index contributed by atoms with van der Waals surface area (Å²) in [6.07, 6.45) is 1.56. The highest BCUT2D eigenvalue weighted by molar-refractivity contribution is 7.09. The molecule has 0 saturated heterocycles. The van der Waals surface area contributed by atoms with E-state index in [0.29, 0.717) is 6.04 Å². The maximum absolute atomic E-state index is 11.0. The summed E-state index contributed by atoms with van der Waals surface area (Å²) in [6, 6.07) is 8.07. The van der Waals surface area contributed by atoms with Gasteiger partial charge in [0.1, 0.15) is 5.69 Å². The summed E-state index contributed by atoms with van der Waals surface area (Å²) >= 11 is 1.74. The minimum Gasteiger partial charge on any atom is -0.477 e. The summed E-state index contributed by atoms with van der Waals surface area (Å²) in [5, 5.41) is 11.1. The number of hydrogen-bond acceptors (Lipinski definition) is 4. The molecule has 2 heterocycles. The maximum atomic E-state index is 11.0. The number of aromatic nitrogens is 1. The van der Waals surface area contributed by atoms with Crippen molar-refractivity contribution in [3.8, 4) is 0 Å².